The van der Waals surface area contributed by atoms with E-state index in [9.17, 15) is 14.4 Å². The van der Waals surface area contributed by atoms with Gasteiger partial charge in [-0.1, -0.05) is 66.2 Å². The van der Waals surface area contributed by atoms with Crippen LogP contribution in [0.2, 0.25) is 5.02 Å². The summed E-state index contributed by atoms with van der Waals surface area (Å²) in [6.45, 7) is 3.90. The lowest BCUT2D eigenvalue weighted by Crippen LogP contribution is -2.36. The number of hydrogen-bond acceptors (Lipinski definition) is 6. The zero-order valence-corrected chi connectivity index (χ0v) is 29.4. The first-order chi connectivity index (χ1) is 24.8. The molecule has 9 nitrogen and oxygen atoms in total. The Morgan fingerprint density at radius 2 is 1.51 bits per heavy atom. The van der Waals surface area contributed by atoms with Crippen molar-refractivity contribution in [2.45, 2.75) is 70.1 Å². The molecule has 0 radical (unpaired) electrons. The van der Waals surface area contributed by atoms with Gasteiger partial charge in [0.15, 0.2) is 0 Å². The molecule has 10 heteroatoms. The van der Waals surface area contributed by atoms with Gasteiger partial charge in [-0.15, -0.1) is 0 Å². The summed E-state index contributed by atoms with van der Waals surface area (Å²) in [5.74, 6) is 0.227. The first-order valence-electron chi connectivity index (χ1n) is 17.9. The molecule has 0 spiro atoms. The Morgan fingerprint density at radius 1 is 0.804 bits per heavy atom. The maximum absolute atomic E-state index is 13.3. The summed E-state index contributed by atoms with van der Waals surface area (Å²) in [6.07, 6.45) is 8.35. The van der Waals surface area contributed by atoms with Crippen molar-refractivity contribution in [1.29, 1.82) is 0 Å². The van der Waals surface area contributed by atoms with Gasteiger partial charge in [0.2, 0.25) is 11.8 Å². The number of aromatic nitrogens is 2. The Kier molecular flexibility index (Phi) is 9.19. The van der Waals surface area contributed by atoms with Crippen molar-refractivity contribution < 1.29 is 9.59 Å². The summed E-state index contributed by atoms with van der Waals surface area (Å²) in [5.41, 5.74) is 10.9. The normalized spacial score (nSPS) is 19.8. The summed E-state index contributed by atoms with van der Waals surface area (Å²) < 4.78 is 1.58. The highest BCUT2D eigenvalue weighted by Gasteiger charge is 2.26. The molecule has 1 aliphatic carbocycles. The summed E-state index contributed by atoms with van der Waals surface area (Å²) in [7, 11) is 0. The topological polar surface area (TPSA) is 117 Å². The quantitative estimate of drug-likeness (QED) is 0.145. The van der Waals surface area contributed by atoms with Crippen molar-refractivity contribution in [2.24, 2.45) is 0 Å². The summed E-state index contributed by atoms with van der Waals surface area (Å²) in [5, 5.41) is 13.7. The Bertz CT molecular complexity index is 2230. The SMILES string of the molecule is Cc1c(-c2ccn3c(=O)c(CNC[C@@H]4CCC(=O)N4)cnc3c2)cccc1-c1cccc(-c2ccc3c(c2)CC[C@H]3NC[C@@H]2CCC(=O)N2)c1Cl. The second-order valence-corrected chi connectivity index (χ2v) is 14.4. The van der Waals surface area contributed by atoms with E-state index in [4.69, 9.17) is 11.6 Å². The molecule has 4 heterocycles. The van der Waals surface area contributed by atoms with E-state index in [1.165, 1.54) is 11.1 Å². The molecule has 3 aliphatic rings. The number of fused-ring (bicyclic) bond motifs is 2. The van der Waals surface area contributed by atoms with Crippen LogP contribution in [0.4, 0.5) is 0 Å². The molecule has 2 saturated heterocycles. The van der Waals surface area contributed by atoms with E-state index in [0.29, 0.717) is 48.2 Å². The van der Waals surface area contributed by atoms with Crippen molar-refractivity contribution in [3.8, 4) is 33.4 Å². The summed E-state index contributed by atoms with van der Waals surface area (Å²) >= 11 is 7.23. The molecule has 2 fully saturated rings. The van der Waals surface area contributed by atoms with Crippen LogP contribution < -0.4 is 26.8 Å². The first kappa shape index (κ1) is 33.3. The number of aryl methyl sites for hydroxylation is 1. The monoisotopic (exact) mass is 700 g/mol. The van der Waals surface area contributed by atoms with Gasteiger partial charge in [-0.25, -0.2) is 4.98 Å². The minimum absolute atomic E-state index is 0.0780. The van der Waals surface area contributed by atoms with E-state index in [0.717, 1.165) is 71.2 Å². The lowest BCUT2D eigenvalue weighted by atomic mass is 9.91. The molecular formula is C41H41ClN6O3. The molecule has 5 aromatic rings. The fourth-order valence-corrected chi connectivity index (χ4v) is 8.27. The van der Waals surface area contributed by atoms with Gasteiger partial charge in [-0.05, 0) is 83.7 Å². The zero-order chi connectivity index (χ0) is 35.1. The molecule has 2 aliphatic heterocycles. The summed E-state index contributed by atoms with van der Waals surface area (Å²) in [6, 6.07) is 23.7. The Balaban J connectivity index is 1.01. The smallest absolute Gasteiger partial charge is 0.262 e. The van der Waals surface area contributed by atoms with Crippen LogP contribution in [0, 0.1) is 6.92 Å². The largest absolute Gasteiger partial charge is 0.352 e. The third-order valence-electron chi connectivity index (χ3n) is 10.7. The van der Waals surface area contributed by atoms with Gasteiger partial charge < -0.3 is 21.3 Å². The third kappa shape index (κ3) is 6.69. The van der Waals surface area contributed by atoms with E-state index in [2.05, 4.69) is 81.7 Å². The average Bonchev–Trinajstić information content (AvgIpc) is 3.87. The Morgan fingerprint density at radius 3 is 2.27 bits per heavy atom. The number of pyridine rings is 1. The van der Waals surface area contributed by atoms with E-state index < -0.39 is 0 Å². The fourth-order valence-electron chi connectivity index (χ4n) is 7.93. The van der Waals surface area contributed by atoms with Gasteiger partial charge in [0.05, 0.1) is 5.02 Å². The molecule has 2 aromatic heterocycles. The highest BCUT2D eigenvalue weighted by molar-refractivity contribution is 6.36. The van der Waals surface area contributed by atoms with Crippen molar-refractivity contribution in [2.75, 3.05) is 13.1 Å². The average molecular weight is 701 g/mol. The number of amides is 2. The van der Waals surface area contributed by atoms with Gasteiger partial charge in [0, 0.05) is 79.7 Å². The van der Waals surface area contributed by atoms with E-state index in [1.807, 2.05) is 18.2 Å². The van der Waals surface area contributed by atoms with E-state index in [-0.39, 0.29) is 29.5 Å². The number of nitrogens with zero attached hydrogens (tertiary/aromatic N) is 2. The molecule has 0 unspecified atom stereocenters. The van der Waals surface area contributed by atoms with Crippen LogP contribution in [0.3, 0.4) is 0 Å². The van der Waals surface area contributed by atoms with Gasteiger partial charge in [-0.2, -0.15) is 0 Å². The zero-order valence-electron chi connectivity index (χ0n) is 28.6. The van der Waals surface area contributed by atoms with E-state index in [1.54, 1.807) is 16.8 Å². The second kappa shape index (κ2) is 14.1. The molecule has 0 saturated carbocycles. The second-order valence-electron chi connectivity index (χ2n) is 14.0. The van der Waals surface area contributed by atoms with Crippen molar-refractivity contribution in [3.63, 3.8) is 0 Å². The number of carbonyl (C=O) groups is 2. The maximum Gasteiger partial charge on any atom is 0.262 e. The van der Waals surface area contributed by atoms with Gasteiger partial charge in [-0.3, -0.25) is 18.8 Å². The fraction of sp³-hybridized carbons (Fsp3) is 0.317. The molecule has 0 bridgehead atoms. The lowest BCUT2D eigenvalue weighted by molar-refractivity contribution is -0.120. The minimum atomic E-state index is -0.110. The number of nitrogens with one attached hydrogen (secondary N) is 4. The highest BCUT2D eigenvalue weighted by Crippen LogP contribution is 2.41. The molecule has 51 heavy (non-hydrogen) atoms. The van der Waals surface area contributed by atoms with Crippen molar-refractivity contribution in [3.05, 3.63) is 117 Å². The molecule has 3 aromatic carbocycles. The van der Waals surface area contributed by atoms with E-state index >= 15 is 0 Å². The van der Waals surface area contributed by atoms with Crippen LogP contribution >= 0.6 is 11.6 Å². The van der Waals surface area contributed by atoms with Crippen LogP contribution in [0.15, 0.2) is 83.9 Å². The van der Waals surface area contributed by atoms with Crippen LogP contribution in [0.25, 0.3) is 39.0 Å². The maximum atomic E-state index is 13.3. The number of rotatable bonds is 10. The summed E-state index contributed by atoms with van der Waals surface area (Å²) in [4.78, 5) is 41.0. The van der Waals surface area contributed by atoms with Gasteiger partial charge >= 0.3 is 0 Å². The number of carbonyl (C=O) groups excluding carboxylic acids is 2. The molecule has 4 N–H and O–H groups in total. The number of benzene rings is 3. The van der Waals surface area contributed by atoms with Crippen molar-refractivity contribution in [1.82, 2.24) is 30.7 Å². The van der Waals surface area contributed by atoms with Crippen LogP contribution in [-0.4, -0.2) is 46.4 Å². The minimum Gasteiger partial charge on any atom is -0.352 e. The van der Waals surface area contributed by atoms with Crippen LogP contribution in [0.1, 0.15) is 60.4 Å². The predicted octanol–water partition coefficient (Wildman–Crippen LogP) is 5.88. The van der Waals surface area contributed by atoms with Gasteiger partial charge in [0.25, 0.3) is 5.56 Å². The number of hydrogen-bond donors (Lipinski definition) is 4. The Hall–Kier alpha value is -4.83. The molecule has 8 rings (SSSR count). The predicted molar refractivity (Wildman–Crippen MR) is 201 cm³/mol. The molecule has 3 atom stereocenters. The molecular weight excluding hydrogens is 660 g/mol. The number of halogens is 1. The van der Waals surface area contributed by atoms with Crippen molar-refractivity contribution >= 4 is 29.1 Å². The van der Waals surface area contributed by atoms with Gasteiger partial charge in [0.1, 0.15) is 5.65 Å². The molecule has 2 amide bonds. The molecule has 260 valence electrons. The highest BCUT2D eigenvalue weighted by atomic mass is 35.5. The Labute approximate surface area is 301 Å². The first-order valence-corrected chi connectivity index (χ1v) is 18.3. The lowest BCUT2D eigenvalue weighted by Gasteiger charge is -2.18. The third-order valence-corrected chi connectivity index (χ3v) is 11.1. The standard InChI is InChI=1S/C41H41ClN6O3/c1-24-31(27-16-17-48-37(19-27)45-21-28(41(48)51)20-43-22-29-10-14-38(49)46-29)4-2-5-32(24)35-7-3-6-34(40(35)42)26-8-12-33-25(18-26)9-13-36(33)44-23-30-11-15-39(50)47-30/h2-8,12,16-19,21,29-30,36,43-44H,9-11,13-15,20,22-23H2,1H3,(H,46,49)(H,47,50)/t29-,30-,36+/m0/s1. The van der Waals surface area contributed by atoms with Crippen LogP contribution in [0.5, 0.6) is 0 Å². The van der Waals surface area contributed by atoms with Crippen LogP contribution in [-0.2, 0) is 22.6 Å².